The summed E-state index contributed by atoms with van der Waals surface area (Å²) in [6, 6.07) is 5.85. The van der Waals surface area contributed by atoms with Crippen molar-refractivity contribution < 1.29 is 0 Å². The molecule has 1 aromatic carbocycles. The zero-order valence-corrected chi connectivity index (χ0v) is 12.5. The molecule has 3 N–H and O–H groups in total. The quantitative estimate of drug-likeness (QED) is 0.764. The van der Waals surface area contributed by atoms with Crippen LogP contribution in [0.25, 0.3) is 10.2 Å². The lowest BCUT2D eigenvalue weighted by atomic mass is 10.3. The normalized spacial score (nSPS) is 11.3. The maximum atomic E-state index is 5.78. The molecule has 0 unspecified atom stereocenters. The Bertz CT molecular complexity index is 523. The number of likely N-dealkylation sites (N-methyl/N-ethyl adjacent to an activating group) is 1. The number of nitrogen functional groups attached to an aromatic ring is 1. The van der Waals surface area contributed by atoms with Gasteiger partial charge < -0.3 is 16.0 Å². The van der Waals surface area contributed by atoms with Crippen LogP contribution in [-0.2, 0) is 0 Å². The number of aromatic nitrogens is 1. The summed E-state index contributed by atoms with van der Waals surface area (Å²) in [7, 11) is 0. The topological polar surface area (TPSA) is 54.2 Å². The lowest BCUT2D eigenvalue weighted by molar-refractivity contribution is 0.300. The zero-order chi connectivity index (χ0) is 13.7. The first-order valence-corrected chi connectivity index (χ1v) is 7.67. The van der Waals surface area contributed by atoms with E-state index in [1.54, 1.807) is 11.3 Å². The summed E-state index contributed by atoms with van der Waals surface area (Å²) < 4.78 is 1.14. The molecule has 2 rings (SSSR count). The minimum absolute atomic E-state index is 0.794. The van der Waals surface area contributed by atoms with Gasteiger partial charge in [-0.05, 0) is 37.7 Å². The molecule has 19 heavy (non-hydrogen) atoms. The number of nitrogens with one attached hydrogen (secondary N) is 1. The van der Waals surface area contributed by atoms with E-state index in [1.807, 2.05) is 18.2 Å². The van der Waals surface area contributed by atoms with E-state index in [0.717, 1.165) is 47.2 Å². The molecule has 0 fully saturated rings. The molecule has 0 bridgehead atoms. The van der Waals surface area contributed by atoms with Gasteiger partial charge in [-0.25, -0.2) is 4.98 Å². The number of fused-ring (bicyclic) bond motifs is 1. The number of anilines is 2. The Balaban J connectivity index is 1.91. The van der Waals surface area contributed by atoms with E-state index in [0.29, 0.717) is 0 Å². The number of nitrogens with zero attached hydrogens (tertiary/aromatic N) is 2. The first-order valence-electron chi connectivity index (χ1n) is 6.85. The van der Waals surface area contributed by atoms with E-state index in [2.05, 4.69) is 29.0 Å². The van der Waals surface area contributed by atoms with Gasteiger partial charge >= 0.3 is 0 Å². The van der Waals surface area contributed by atoms with Crippen molar-refractivity contribution in [2.45, 2.75) is 20.3 Å². The van der Waals surface area contributed by atoms with E-state index >= 15 is 0 Å². The standard InChI is InChI=1S/C14H22N4S/c1-3-8-18(4-2)9-7-16-14-17-12-6-5-11(15)10-13(12)19-14/h5-6,10H,3-4,7-9,15H2,1-2H3,(H,16,17). The molecule has 0 spiro atoms. The van der Waals surface area contributed by atoms with Crippen molar-refractivity contribution in [1.82, 2.24) is 9.88 Å². The fourth-order valence-corrected chi connectivity index (χ4v) is 3.02. The van der Waals surface area contributed by atoms with Crippen molar-refractivity contribution in [3.05, 3.63) is 18.2 Å². The lowest BCUT2D eigenvalue weighted by Crippen LogP contribution is -2.29. The Morgan fingerprint density at radius 1 is 1.32 bits per heavy atom. The molecule has 0 aliphatic heterocycles. The van der Waals surface area contributed by atoms with Gasteiger partial charge in [0.1, 0.15) is 0 Å². The van der Waals surface area contributed by atoms with E-state index in [4.69, 9.17) is 5.73 Å². The molecule has 0 saturated carbocycles. The number of nitrogens with two attached hydrogens (primary N) is 1. The first kappa shape index (κ1) is 14.1. The predicted molar refractivity (Wildman–Crippen MR) is 84.9 cm³/mol. The molecule has 0 saturated heterocycles. The van der Waals surface area contributed by atoms with Crippen LogP contribution in [0.15, 0.2) is 18.2 Å². The van der Waals surface area contributed by atoms with Gasteiger partial charge in [0.25, 0.3) is 0 Å². The molecular formula is C14H22N4S. The highest BCUT2D eigenvalue weighted by Crippen LogP contribution is 2.27. The Kier molecular flexibility index (Phi) is 4.99. The second-order valence-electron chi connectivity index (χ2n) is 4.61. The molecule has 5 heteroatoms. The Labute approximate surface area is 118 Å². The molecule has 0 aliphatic carbocycles. The van der Waals surface area contributed by atoms with Gasteiger partial charge in [-0.15, -0.1) is 0 Å². The van der Waals surface area contributed by atoms with Crippen molar-refractivity contribution in [1.29, 1.82) is 0 Å². The molecule has 2 aromatic rings. The van der Waals surface area contributed by atoms with E-state index < -0.39 is 0 Å². The van der Waals surface area contributed by atoms with Gasteiger partial charge in [0, 0.05) is 18.8 Å². The van der Waals surface area contributed by atoms with Crippen molar-refractivity contribution in [2.75, 3.05) is 37.2 Å². The van der Waals surface area contributed by atoms with Crippen molar-refractivity contribution in [3.63, 3.8) is 0 Å². The molecule has 4 nitrogen and oxygen atoms in total. The summed E-state index contributed by atoms with van der Waals surface area (Å²) >= 11 is 1.66. The fourth-order valence-electron chi connectivity index (χ4n) is 2.08. The molecule has 0 aliphatic rings. The molecule has 0 radical (unpaired) electrons. The number of hydrogen-bond acceptors (Lipinski definition) is 5. The maximum absolute atomic E-state index is 5.78. The van der Waals surface area contributed by atoms with Crippen molar-refractivity contribution in [2.24, 2.45) is 0 Å². The SMILES string of the molecule is CCCN(CC)CCNc1nc2ccc(N)cc2s1. The second kappa shape index (κ2) is 6.73. The summed E-state index contributed by atoms with van der Waals surface area (Å²) in [4.78, 5) is 7.00. The zero-order valence-electron chi connectivity index (χ0n) is 11.6. The highest BCUT2D eigenvalue weighted by molar-refractivity contribution is 7.22. The third-order valence-corrected chi connectivity index (χ3v) is 4.08. The number of benzene rings is 1. The number of thiazole rings is 1. The van der Waals surface area contributed by atoms with Gasteiger partial charge in [-0.1, -0.05) is 25.2 Å². The molecular weight excluding hydrogens is 256 g/mol. The van der Waals surface area contributed by atoms with Crippen LogP contribution in [0, 0.1) is 0 Å². The van der Waals surface area contributed by atoms with Gasteiger partial charge in [0.15, 0.2) is 5.13 Å². The monoisotopic (exact) mass is 278 g/mol. The largest absolute Gasteiger partial charge is 0.399 e. The minimum atomic E-state index is 0.794. The van der Waals surface area contributed by atoms with Gasteiger partial charge in [0.2, 0.25) is 0 Å². The summed E-state index contributed by atoms with van der Waals surface area (Å²) in [6.07, 6.45) is 1.20. The van der Waals surface area contributed by atoms with Gasteiger partial charge in [-0.2, -0.15) is 0 Å². The smallest absolute Gasteiger partial charge is 0.183 e. The van der Waals surface area contributed by atoms with Crippen LogP contribution in [0.5, 0.6) is 0 Å². The lowest BCUT2D eigenvalue weighted by Gasteiger charge is -2.19. The fraction of sp³-hybridized carbons (Fsp3) is 0.500. The summed E-state index contributed by atoms with van der Waals surface area (Å²) in [6.45, 7) is 8.68. The van der Waals surface area contributed by atoms with Gasteiger partial charge in [-0.3, -0.25) is 0 Å². The van der Waals surface area contributed by atoms with E-state index in [-0.39, 0.29) is 0 Å². The Hall–Kier alpha value is -1.33. The number of hydrogen-bond donors (Lipinski definition) is 2. The third kappa shape index (κ3) is 3.81. The predicted octanol–water partition coefficient (Wildman–Crippen LogP) is 3.02. The second-order valence-corrected chi connectivity index (χ2v) is 5.64. The third-order valence-electron chi connectivity index (χ3n) is 3.10. The highest BCUT2D eigenvalue weighted by Gasteiger charge is 2.04. The van der Waals surface area contributed by atoms with E-state index in [1.165, 1.54) is 6.42 Å². The van der Waals surface area contributed by atoms with Crippen molar-refractivity contribution >= 4 is 32.4 Å². The van der Waals surface area contributed by atoms with Gasteiger partial charge in [0.05, 0.1) is 10.2 Å². The first-order chi connectivity index (χ1) is 9.22. The Morgan fingerprint density at radius 3 is 2.89 bits per heavy atom. The van der Waals surface area contributed by atoms with Crippen LogP contribution in [0.4, 0.5) is 10.8 Å². The molecule has 104 valence electrons. The Morgan fingerprint density at radius 2 is 2.16 bits per heavy atom. The van der Waals surface area contributed by atoms with Crippen LogP contribution in [0.2, 0.25) is 0 Å². The van der Waals surface area contributed by atoms with Crippen LogP contribution in [0.3, 0.4) is 0 Å². The minimum Gasteiger partial charge on any atom is -0.399 e. The van der Waals surface area contributed by atoms with E-state index in [9.17, 15) is 0 Å². The maximum Gasteiger partial charge on any atom is 0.183 e. The van der Waals surface area contributed by atoms with Crippen LogP contribution in [-0.4, -0.2) is 36.1 Å². The average Bonchev–Trinajstić information content (AvgIpc) is 2.79. The molecule has 1 aromatic heterocycles. The highest BCUT2D eigenvalue weighted by atomic mass is 32.1. The van der Waals surface area contributed by atoms with Crippen molar-refractivity contribution in [3.8, 4) is 0 Å². The molecule has 0 atom stereocenters. The average molecular weight is 278 g/mol. The summed E-state index contributed by atoms with van der Waals surface area (Å²) in [5.41, 5.74) is 7.59. The number of rotatable bonds is 7. The summed E-state index contributed by atoms with van der Waals surface area (Å²) in [5, 5.41) is 4.38. The van der Waals surface area contributed by atoms with Crippen LogP contribution >= 0.6 is 11.3 Å². The van der Waals surface area contributed by atoms with Crippen LogP contribution in [0.1, 0.15) is 20.3 Å². The molecule has 0 amide bonds. The van der Waals surface area contributed by atoms with Crippen LogP contribution < -0.4 is 11.1 Å². The molecule has 1 heterocycles. The summed E-state index contributed by atoms with van der Waals surface area (Å²) in [5.74, 6) is 0.